The van der Waals surface area contributed by atoms with Gasteiger partial charge in [-0.25, -0.2) is 0 Å². The standard InChI is InChI=1S/C12H18N2OS/c1-12(2)11(15)14(8-6-13-12)7-5-10-4-3-9-16-10/h3-4,9,13H,5-8H2,1-2H3. The van der Waals surface area contributed by atoms with Crippen molar-refractivity contribution in [3.8, 4) is 0 Å². The Bertz CT molecular complexity index is 359. The molecule has 1 aromatic rings. The van der Waals surface area contributed by atoms with E-state index in [1.165, 1.54) is 4.88 Å². The zero-order valence-corrected chi connectivity index (χ0v) is 10.6. The highest BCUT2D eigenvalue weighted by Gasteiger charge is 2.34. The van der Waals surface area contributed by atoms with Gasteiger partial charge in [-0.1, -0.05) is 6.07 Å². The molecule has 2 heterocycles. The van der Waals surface area contributed by atoms with Crippen molar-refractivity contribution < 1.29 is 4.79 Å². The van der Waals surface area contributed by atoms with Gasteiger partial charge in [-0.15, -0.1) is 11.3 Å². The predicted octanol–water partition coefficient (Wildman–Crippen LogP) is 1.50. The van der Waals surface area contributed by atoms with E-state index in [0.29, 0.717) is 0 Å². The minimum Gasteiger partial charge on any atom is -0.339 e. The molecule has 0 saturated carbocycles. The van der Waals surface area contributed by atoms with Crippen molar-refractivity contribution in [1.29, 1.82) is 0 Å². The van der Waals surface area contributed by atoms with E-state index in [1.54, 1.807) is 11.3 Å². The number of piperazine rings is 1. The number of rotatable bonds is 3. The summed E-state index contributed by atoms with van der Waals surface area (Å²) in [7, 11) is 0. The molecule has 0 spiro atoms. The molecule has 0 unspecified atom stereocenters. The van der Waals surface area contributed by atoms with E-state index in [4.69, 9.17) is 0 Å². The van der Waals surface area contributed by atoms with Gasteiger partial charge >= 0.3 is 0 Å². The van der Waals surface area contributed by atoms with Crippen LogP contribution in [0.5, 0.6) is 0 Å². The molecule has 0 aliphatic carbocycles. The summed E-state index contributed by atoms with van der Waals surface area (Å²) < 4.78 is 0. The quantitative estimate of drug-likeness (QED) is 0.865. The van der Waals surface area contributed by atoms with E-state index < -0.39 is 5.54 Å². The first-order valence-electron chi connectivity index (χ1n) is 5.66. The lowest BCUT2D eigenvalue weighted by Crippen LogP contribution is -2.61. The maximum Gasteiger partial charge on any atom is 0.242 e. The van der Waals surface area contributed by atoms with Gasteiger partial charge in [-0.2, -0.15) is 0 Å². The van der Waals surface area contributed by atoms with Crippen LogP contribution in [-0.2, 0) is 11.2 Å². The van der Waals surface area contributed by atoms with Gasteiger partial charge in [0.1, 0.15) is 0 Å². The lowest BCUT2D eigenvalue weighted by Gasteiger charge is -2.38. The largest absolute Gasteiger partial charge is 0.339 e. The van der Waals surface area contributed by atoms with E-state index in [1.807, 2.05) is 18.7 Å². The van der Waals surface area contributed by atoms with Crippen LogP contribution in [0.4, 0.5) is 0 Å². The topological polar surface area (TPSA) is 32.3 Å². The molecule has 88 valence electrons. The fourth-order valence-corrected chi connectivity index (χ4v) is 2.69. The molecule has 1 fully saturated rings. The summed E-state index contributed by atoms with van der Waals surface area (Å²) in [6.45, 7) is 6.46. The Balaban J connectivity index is 1.92. The zero-order valence-electron chi connectivity index (χ0n) is 9.82. The Morgan fingerprint density at radius 3 is 3.06 bits per heavy atom. The monoisotopic (exact) mass is 238 g/mol. The molecule has 1 aliphatic rings. The second kappa shape index (κ2) is 4.55. The average Bonchev–Trinajstić information content (AvgIpc) is 2.73. The predicted molar refractivity (Wildman–Crippen MR) is 66.7 cm³/mol. The molecule has 0 aromatic carbocycles. The molecule has 3 nitrogen and oxygen atoms in total. The van der Waals surface area contributed by atoms with E-state index in [2.05, 4.69) is 22.8 Å². The Kier molecular flexibility index (Phi) is 3.30. The summed E-state index contributed by atoms with van der Waals surface area (Å²) in [6.07, 6.45) is 0.972. The number of hydrogen-bond donors (Lipinski definition) is 1. The van der Waals surface area contributed by atoms with Gasteiger partial charge in [0, 0.05) is 24.5 Å². The molecule has 0 radical (unpaired) electrons. The van der Waals surface area contributed by atoms with Crippen molar-refractivity contribution >= 4 is 17.2 Å². The van der Waals surface area contributed by atoms with Crippen molar-refractivity contribution in [3.63, 3.8) is 0 Å². The van der Waals surface area contributed by atoms with Crippen LogP contribution in [0, 0.1) is 0 Å². The number of amides is 1. The van der Waals surface area contributed by atoms with Crippen LogP contribution in [0.15, 0.2) is 17.5 Å². The van der Waals surface area contributed by atoms with Gasteiger partial charge in [0.15, 0.2) is 0 Å². The van der Waals surface area contributed by atoms with Crippen LogP contribution in [-0.4, -0.2) is 36.0 Å². The molecular weight excluding hydrogens is 220 g/mol. The molecule has 1 aliphatic heterocycles. The summed E-state index contributed by atoms with van der Waals surface area (Å²) in [6, 6.07) is 4.19. The molecule has 1 N–H and O–H groups in total. The second-order valence-corrected chi connectivity index (χ2v) is 5.71. The number of nitrogens with zero attached hydrogens (tertiary/aromatic N) is 1. The summed E-state index contributed by atoms with van der Waals surface area (Å²) in [5, 5.41) is 5.32. The van der Waals surface area contributed by atoms with Gasteiger partial charge in [0.25, 0.3) is 0 Å². The third-order valence-electron chi connectivity index (χ3n) is 2.98. The van der Waals surface area contributed by atoms with Crippen LogP contribution in [0.3, 0.4) is 0 Å². The number of thiophene rings is 1. The molecule has 1 amide bonds. The third kappa shape index (κ3) is 2.44. The normalized spacial score (nSPS) is 20.1. The first-order chi connectivity index (χ1) is 7.59. The van der Waals surface area contributed by atoms with Crippen molar-refractivity contribution in [1.82, 2.24) is 10.2 Å². The molecular formula is C12H18N2OS. The second-order valence-electron chi connectivity index (χ2n) is 4.67. The summed E-state index contributed by atoms with van der Waals surface area (Å²) in [5.41, 5.74) is -0.395. The number of hydrogen-bond acceptors (Lipinski definition) is 3. The van der Waals surface area contributed by atoms with Crippen molar-refractivity contribution in [2.75, 3.05) is 19.6 Å². The number of nitrogens with one attached hydrogen (secondary N) is 1. The number of carbonyl (C=O) groups is 1. The molecule has 0 atom stereocenters. The van der Waals surface area contributed by atoms with Crippen molar-refractivity contribution in [2.24, 2.45) is 0 Å². The van der Waals surface area contributed by atoms with E-state index in [0.717, 1.165) is 26.1 Å². The highest BCUT2D eigenvalue weighted by molar-refractivity contribution is 7.09. The van der Waals surface area contributed by atoms with Gasteiger partial charge in [0.05, 0.1) is 5.54 Å². The lowest BCUT2D eigenvalue weighted by atomic mass is 10.0. The van der Waals surface area contributed by atoms with Crippen LogP contribution in [0.1, 0.15) is 18.7 Å². The Hall–Kier alpha value is -0.870. The fourth-order valence-electron chi connectivity index (χ4n) is 1.99. The minimum absolute atomic E-state index is 0.218. The third-order valence-corrected chi connectivity index (χ3v) is 3.91. The van der Waals surface area contributed by atoms with Crippen molar-refractivity contribution in [2.45, 2.75) is 25.8 Å². The minimum atomic E-state index is -0.395. The highest BCUT2D eigenvalue weighted by Crippen LogP contribution is 2.15. The molecule has 0 bridgehead atoms. The van der Waals surface area contributed by atoms with Gasteiger partial charge in [-0.3, -0.25) is 4.79 Å². The molecule has 4 heteroatoms. The Morgan fingerprint density at radius 2 is 2.38 bits per heavy atom. The summed E-state index contributed by atoms with van der Waals surface area (Å²) >= 11 is 1.76. The van der Waals surface area contributed by atoms with Crippen LogP contribution in [0.2, 0.25) is 0 Å². The highest BCUT2D eigenvalue weighted by atomic mass is 32.1. The van der Waals surface area contributed by atoms with Crippen molar-refractivity contribution in [3.05, 3.63) is 22.4 Å². The smallest absolute Gasteiger partial charge is 0.242 e. The maximum absolute atomic E-state index is 12.1. The Morgan fingerprint density at radius 1 is 1.56 bits per heavy atom. The van der Waals surface area contributed by atoms with Crippen LogP contribution in [0.25, 0.3) is 0 Å². The first-order valence-corrected chi connectivity index (χ1v) is 6.54. The van der Waals surface area contributed by atoms with Gasteiger partial charge in [-0.05, 0) is 31.7 Å². The SMILES string of the molecule is CC1(C)NCCN(CCc2cccs2)C1=O. The number of carbonyl (C=O) groups excluding carboxylic acids is 1. The Labute approximate surface area is 100 Å². The van der Waals surface area contributed by atoms with E-state index >= 15 is 0 Å². The zero-order chi connectivity index (χ0) is 11.6. The lowest BCUT2D eigenvalue weighted by molar-refractivity contribution is -0.139. The first kappa shape index (κ1) is 11.6. The summed E-state index contributed by atoms with van der Waals surface area (Å²) in [4.78, 5) is 15.4. The van der Waals surface area contributed by atoms with E-state index in [9.17, 15) is 4.79 Å². The molecule has 16 heavy (non-hydrogen) atoms. The summed E-state index contributed by atoms with van der Waals surface area (Å²) in [5.74, 6) is 0.218. The van der Waals surface area contributed by atoms with Gasteiger partial charge in [0.2, 0.25) is 5.91 Å². The average molecular weight is 238 g/mol. The van der Waals surface area contributed by atoms with Gasteiger partial charge < -0.3 is 10.2 Å². The van der Waals surface area contributed by atoms with Crippen LogP contribution >= 0.6 is 11.3 Å². The molecule has 1 aromatic heterocycles. The fraction of sp³-hybridized carbons (Fsp3) is 0.583. The molecule has 1 saturated heterocycles. The van der Waals surface area contributed by atoms with E-state index in [-0.39, 0.29) is 5.91 Å². The maximum atomic E-state index is 12.1. The molecule has 2 rings (SSSR count). The van der Waals surface area contributed by atoms with Crippen LogP contribution < -0.4 is 5.32 Å².